The molecule has 2 amide bonds. The number of piperazine rings is 1. The maximum absolute atomic E-state index is 13.3. The number of amides is 2. The minimum Gasteiger partial charge on any atom is -0.380 e. The average molecular weight is 571 g/mol. The summed E-state index contributed by atoms with van der Waals surface area (Å²) in [5, 5.41) is 12.7. The summed E-state index contributed by atoms with van der Waals surface area (Å²) in [6.45, 7) is 3.06. The molecule has 0 unspecified atom stereocenters. The van der Waals surface area contributed by atoms with Crippen LogP contribution in [0.25, 0.3) is 11.1 Å². The summed E-state index contributed by atoms with van der Waals surface area (Å²) in [6, 6.07) is 15.1. The molecule has 0 radical (unpaired) electrons. The molecule has 1 spiro atoms. The van der Waals surface area contributed by atoms with Crippen LogP contribution in [0.5, 0.6) is 0 Å². The van der Waals surface area contributed by atoms with E-state index in [0.717, 1.165) is 18.0 Å². The molecule has 7 heteroatoms. The number of aliphatic hydroxyl groups is 1. The number of nitrogens with zero attached hydrogens (tertiary/aromatic N) is 3. The Bertz CT molecular complexity index is 1300. The molecule has 5 aliphatic rings. The second-order valence-corrected chi connectivity index (χ2v) is 13.6. The molecule has 0 bridgehead atoms. The van der Waals surface area contributed by atoms with Crippen LogP contribution < -0.4 is 10.4 Å². The molecule has 2 aromatic rings. The van der Waals surface area contributed by atoms with E-state index in [2.05, 4.69) is 40.8 Å². The lowest BCUT2D eigenvalue weighted by Crippen LogP contribution is -2.53. The van der Waals surface area contributed by atoms with Gasteiger partial charge >= 0.3 is 0 Å². The lowest BCUT2D eigenvalue weighted by atomic mass is 9.81. The first-order valence-corrected chi connectivity index (χ1v) is 16.6. The SMILES string of the molecule is O=C(c1ccc(-c2ccc3c(c2)C2(CCCCCCCC2)NN3CC2CCC2)cc1)N1CCN(C(=O)C2(O)CC2)CC1. The molecule has 0 atom stereocenters. The minimum atomic E-state index is -1.14. The van der Waals surface area contributed by atoms with Crippen LogP contribution in [0, 0.1) is 5.92 Å². The number of rotatable bonds is 5. The monoisotopic (exact) mass is 570 g/mol. The third-order valence-corrected chi connectivity index (χ3v) is 10.7. The first-order valence-electron chi connectivity index (χ1n) is 16.6. The molecule has 42 heavy (non-hydrogen) atoms. The van der Waals surface area contributed by atoms with Gasteiger partial charge in [-0.05, 0) is 85.4 Å². The molecule has 3 saturated carbocycles. The van der Waals surface area contributed by atoms with Gasteiger partial charge in [0.25, 0.3) is 11.8 Å². The van der Waals surface area contributed by atoms with Crippen molar-refractivity contribution in [3.05, 3.63) is 53.6 Å². The van der Waals surface area contributed by atoms with Gasteiger partial charge < -0.3 is 19.9 Å². The largest absolute Gasteiger partial charge is 0.380 e. The van der Waals surface area contributed by atoms with Crippen LogP contribution in [0.15, 0.2) is 42.5 Å². The third kappa shape index (κ3) is 5.35. The van der Waals surface area contributed by atoms with Gasteiger partial charge in [0.05, 0.1) is 11.2 Å². The molecule has 224 valence electrons. The Morgan fingerprint density at radius 2 is 1.38 bits per heavy atom. The fourth-order valence-electron chi connectivity index (χ4n) is 7.58. The molecule has 7 rings (SSSR count). The first kappa shape index (κ1) is 27.9. The molecule has 2 heterocycles. The zero-order chi connectivity index (χ0) is 28.7. The maximum atomic E-state index is 13.3. The third-order valence-electron chi connectivity index (χ3n) is 10.7. The van der Waals surface area contributed by atoms with Crippen LogP contribution >= 0.6 is 0 Å². The van der Waals surface area contributed by atoms with E-state index in [9.17, 15) is 14.7 Å². The molecule has 0 aromatic heterocycles. The van der Waals surface area contributed by atoms with Gasteiger partial charge in [0.15, 0.2) is 0 Å². The van der Waals surface area contributed by atoms with E-state index in [-0.39, 0.29) is 17.4 Å². The highest BCUT2D eigenvalue weighted by molar-refractivity contribution is 5.95. The maximum Gasteiger partial charge on any atom is 0.254 e. The van der Waals surface area contributed by atoms with Crippen molar-refractivity contribution in [1.82, 2.24) is 15.2 Å². The fraction of sp³-hybridized carbons (Fsp3) is 0.600. The second-order valence-electron chi connectivity index (χ2n) is 13.6. The van der Waals surface area contributed by atoms with E-state index in [4.69, 9.17) is 0 Å². The number of nitrogens with one attached hydrogen (secondary N) is 1. The van der Waals surface area contributed by atoms with Gasteiger partial charge in [0, 0.05) is 38.3 Å². The number of hydrogen-bond donors (Lipinski definition) is 2. The molecule has 3 aliphatic carbocycles. The highest BCUT2D eigenvalue weighted by Crippen LogP contribution is 2.47. The Labute approximate surface area is 250 Å². The van der Waals surface area contributed by atoms with E-state index >= 15 is 0 Å². The lowest BCUT2D eigenvalue weighted by molar-refractivity contribution is -0.143. The first-order chi connectivity index (χ1) is 20.4. The Balaban J connectivity index is 1.08. The smallest absolute Gasteiger partial charge is 0.254 e. The summed E-state index contributed by atoms with van der Waals surface area (Å²) in [5.41, 5.74) is 8.81. The van der Waals surface area contributed by atoms with Crippen LogP contribution in [-0.2, 0) is 10.3 Å². The topological polar surface area (TPSA) is 76.1 Å². The van der Waals surface area contributed by atoms with Crippen molar-refractivity contribution in [3.63, 3.8) is 0 Å². The molecule has 2 aromatic carbocycles. The molecule has 4 fully saturated rings. The van der Waals surface area contributed by atoms with E-state index in [0.29, 0.717) is 44.6 Å². The van der Waals surface area contributed by atoms with Crippen molar-refractivity contribution in [2.24, 2.45) is 5.92 Å². The quantitative estimate of drug-likeness (QED) is 0.488. The second kappa shape index (κ2) is 11.3. The summed E-state index contributed by atoms with van der Waals surface area (Å²) in [6.07, 6.45) is 15.5. The van der Waals surface area contributed by atoms with Gasteiger partial charge in [-0.1, -0.05) is 63.1 Å². The summed E-state index contributed by atoms with van der Waals surface area (Å²) >= 11 is 0. The van der Waals surface area contributed by atoms with Crippen LogP contribution in [0.2, 0.25) is 0 Å². The number of carbonyl (C=O) groups is 2. The predicted octanol–water partition coefficient (Wildman–Crippen LogP) is 5.62. The van der Waals surface area contributed by atoms with Gasteiger partial charge in [0.2, 0.25) is 0 Å². The van der Waals surface area contributed by atoms with Gasteiger partial charge in [0.1, 0.15) is 5.60 Å². The van der Waals surface area contributed by atoms with Crippen molar-refractivity contribution in [1.29, 1.82) is 0 Å². The highest BCUT2D eigenvalue weighted by Gasteiger charge is 2.50. The Kier molecular flexibility index (Phi) is 7.51. The van der Waals surface area contributed by atoms with Crippen molar-refractivity contribution in [2.75, 3.05) is 37.7 Å². The normalized spacial score (nSPS) is 23.5. The number of hydrazine groups is 1. The summed E-state index contributed by atoms with van der Waals surface area (Å²) in [7, 11) is 0. The molecular weight excluding hydrogens is 524 g/mol. The Hall–Kier alpha value is -2.90. The zero-order valence-corrected chi connectivity index (χ0v) is 25.0. The van der Waals surface area contributed by atoms with Gasteiger partial charge in [-0.25, -0.2) is 5.43 Å². The van der Waals surface area contributed by atoms with E-state index in [1.54, 1.807) is 4.90 Å². The summed E-state index contributed by atoms with van der Waals surface area (Å²) < 4.78 is 0. The predicted molar refractivity (Wildman–Crippen MR) is 165 cm³/mol. The minimum absolute atomic E-state index is 0.00751. The van der Waals surface area contributed by atoms with Gasteiger partial charge in [-0.15, -0.1) is 0 Å². The van der Waals surface area contributed by atoms with Crippen molar-refractivity contribution in [3.8, 4) is 11.1 Å². The standard InChI is InChI=1S/C35H46N4O3/c40-32(37-20-22-38(23-21-37)33(41)35(42)18-19-35)28-12-10-27(11-13-28)29-14-15-31-30(24-29)34(16-5-3-1-2-4-6-17-34)36-39(31)25-26-8-7-9-26/h10-15,24,26,36,42H,1-9,16-23,25H2. The zero-order valence-electron chi connectivity index (χ0n) is 25.0. The van der Waals surface area contributed by atoms with Gasteiger partial charge in [-0.3, -0.25) is 9.59 Å². The van der Waals surface area contributed by atoms with Crippen LogP contribution in [-0.4, -0.2) is 65.0 Å². The van der Waals surface area contributed by atoms with Crippen molar-refractivity contribution in [2.45, 2.75) is 94.6 Å². The Morgan fingerprint density at radius 3 is 2.00 bits per heavy atom. The molecule has 2 aliphatic heterocycles. The molecule has 1 saturated heterocycles. The lowest BCUT2D eigenvalue weighted by Gasteiger charge is -2.35. The number of hydrogen-bond acceptors (Lipinski definition) is 5. The van der Waals surface area contributed by atoms with Crippen LogP contribution in [0.1, 0.15) is 99.4 Å². The summed E-state index contributed by atoms with van der Waals surface area (Å²) in [5.74, 6) is 0.633. The van der Waals surface area contributed by atoms with E-state index in [1.807, 2.05) is 17.0 Å². The van der Waals surface area contributed by atoms with E-state index in [1.165, 1.54) is 87.4 Å². The number of fused-ring (bicyclic) bond motifs is 2. The average Bonchev–Trinajstić information content (AvgIpc) is 3.66. The van der Waals surface area contributed by atoms with Gasteiger partial charge in [-0.2, -0.15) is 0 Å². The highest BCUT2D eigenvalue weighted by atomic mass is 16.3. The van der Waals surface area contributed by atoms with Crippen LogP contribution in [0.4, 0.5) is 5.69 Å². The number of anilines is 1. The number of benzene rings is 2. The van der Waals surface area contributed by atoms with Crippen molar-refractivity contribution >= 4 is 17.5 Å². The molecule has 7 nitrogen and oxygen atoms in total. The summed E-state index contributed by atoms with van der Waals surface area (Å²) in [4.78, 5) is 29.3. The fourth-order valence-corrected chi connectivity index (χ4v) is 7.58. The molecule has 2 N–H and O–H groups in total. The Morgan fingerprint density at radius 1 is 0.762 bits per heavy atom. The van der Waals surface area contributed by atoms with E-state index < -0.39 is 5.60 Å². The van der Waals surface area contributed by atoms with Crippen molar-refractivity contribution < 1.29 is 14.7 Å². The number of carbonyl (C=O) groups excluding carboxylic acids is 2. The van der Waals surface area contributed by atoms with Crippen LogP contribution in [0.3, 0.4) is 0 Å². The molecular formula is C35H46N4O3.